The standard InChI is InChI=1S/C20H21N5/c1-14-7-10-22-20(17(14)13-21)24-11-8-16(9-12-24)25-15(2)23-18-5-3-4-6-19(18)25/h3-7,10,16H,8-9,11-12H2,1-2H3. The molecule has 1 saturated heterocycles. The topological polar surface area (TPSA) is 57.7 Å². The molecule has 2 aromatic heterocycles. The Hall–Kier alpha value is -2.87. The molecule has 3 aromatic rings. The van der Waals surface area contributed by atoms with Crippen LogP contribution >= 0.6 is 0 Å². The van der Waals surface area contributed by atoms with Crippen molar-refractivity contribution in [3.63, 3.8) is 0 Å². The van der Waals surface area contributed by atoms with Crippen molar-refractivity contribution < 1.29 is 0 Å². The van der Waals surface area contributed by atoms with E-state index in [1.807, 2.05) is 19.1 Å². The summed E-state index contributed by atoms with van der Waals surface area (Å²) >= 11 is 0. The number of aromatic nitrogens is 3. The molecule has 0 saturated carbocycles. The number of nitriles is 1. The van der Waals surface area contributed by atoms with Crippen molar-refractivity contribution in [2.24, 2.45) is 0 Å². The molecule has 5 heteroatoms. The highest BCUT2D eigenvalue weighted by Crippen LogP contribution is 2.31. The second kappa shape index (κ2) is 6.21. The molecule has 0 spiro atoms. The summed E-state index contributed by atoms with van der Waals surface area (Å²) in [5.41, 5.74) is 3.97. The number of piperidine rings is 1. The Morgan fingerprint density at radius 1 is 1.12 bits per heavy atom. The monoisotopic (exact) mass is 331 g/mol. The van der Waals surface area contributed by atoms with Crippen LogP contribution in [0.1, 0.15) is 35.8 Å². The second-order valence-corrected chi connectivity index (χ2v) is 6.67. The van der Waals surface area contributed by atoms with Gasteiger partial charge in [0.05, 0.1) is 16.6 Å². The van der Waals surface area contributed by atoms with Gasteiger partial charge >= 0.3 is 0 Å². The Kier molecular flexibility index (Phi) is 3.89. The molecule has 0 radical (unpaired) electrons. The first-order valence-corrected chi connectivity index (χ1v) is 8.73. The lowest BCUT2D eigenvalue weighted by molar-refractivity contribution is 0.397. The molecule has 126 valence electrons. The highest BCUT2D eigenvalue weighted by Gasteiger charge is 2.25. The van der Waals surface area contributed by atoms with Gasteiger partial charge in [0.25, 0.3) is 0 Å². The van der Waals surface area contributed by atoms with E-state index in [2.05, 4.69) is 45.6 Å². The van der Waals surface area contributed by atoms with Crippen LogP contribution in [0.2, 0.25) is 0 Å². The van der Waals surface area contributed by atoms with Gasteiger partial charge in [-0.25, -0.2) is 9.97 Å². The lowest BCUT2D eigenvalue weighted by Gasteiger charge is -2.34. The zero-order valence-corrected chi connectivity index (χ0v) is 14.6. The van der Waals surface area contributed by atoms with Gasteiger partial charge in [0, 0.05) is 25.3 Å². The van der Waals surface area contributed by atoms with E-state index < -0.39 is 0 Å². The minimum absolute atomic E-state index is 0.444. The van der Waals surface area contributed by atoms with Gasteiger partial charge in [-0.1, -0.05) is 12.1 Å². The van der Waals surface area contributed by atoms with Gasteiger partial charge in [-0.3, -0.25) is 0 Å². The molecule has 0 amide bonds. The molecule has 0 N–H and O–H groups in total. The molecule has 0 bridgehead atoms. The average Bonchev–Trinajstić information content (AvgIpc) is 2.97. The van der Waals surface area contributed by atoms with Gasteiger partial charge in [0.15, 0.2) is 0 Å². The van der Waals surface area contributed by atoms with E-state index in [0.717, 1.165) is 48.7 Å². The highest BCUT2D eigenvalue weighted by atomic mass is 15.2. The summed E-state index contributed by atoms with van der Waals surface area (Å²) in [6.45, 7) is 5.86. The van der Waals surface area contributed by atoms with Crippen LogP contribution in [0.4, 0.5) is 5.82 Å². The fourth-order valence-electron chi connectivity index (χ4n) is 3.88. The summed E-state index contributed by atoms with van der Waals surface area (Å²) in [5, 5.41) is 9.46. The fourth-order valence-corrected chi connectivity index (χ4v) is 3.88. The van der Waals surface area contributed by atoms with Crippen LogP contribution in [0.15, 0.2) is 36.5 Å². The number of fused-ring (bicyclic) bond motifs is 1. The van der Waals surface area contributed by atoms with Gasteiger partial charge in [0.1, 0.15) is 17.7 Å². The SMILES string of the molecule is Cc1ccnc(N2CCC(n3c(C)nc4ccccc43)CC2)c1C#N. The number of hydrogen-bond acceptors (Lipinski definition) is 4. The largest absolute Gasteiger partial charge is 0.355 e. The maximum atomic E-state index is 9.46. The number of hydrogen-bond donors (Lipinski definition) is 0. The lowest BCUT2D eigenvalue weighted by atomic mass is 10.0. The van der Waals surface area contributed by atoms with Crippen LogP contribution in [0.3, 0.4) is 0 Å². The smallest absolute Gasteiger partial charge is 0.146 e. The predicted octanol–water partition coefficient (Wildman–Crippen LogP) is 3.76. The van der Waals surface area contributed by atoms with Crippen LogP contribution in [0, 0.1) is 25.2 Å². The van der Waals surface area contributed by atoms with Crippen LogP contribution in [-0.4, -0.2) is 27.6 Å². The minimum Gasteiger partial charge on any atom is -0.355 e. The number of nitrogens with zero attached hydrogens (tertiary/aromatic N) is 5. The van der Waals surface area contributed by atoms with E-state index in [1.54, 1.807) is 6.20 Å². The van der Waals surface area contributed by atoms with Crippen molar-refractivity contribution in [1.82, 2.24) is 14.5 Å². The number of aryl methyl sites for hydroxylation is 2. The molecule has 0 atom stereocenters. The number of para-hydroxylation sites is 2. The quantitative estimate of drug-likeness (QED) is 0.717. The van der Waals surface area contributed by atoms with Crippen molar-refractivity contribution in [3.8, 4) is 6.07 Å². The normalized spacial score (nSPS) is 15.5. The van der Waals surface area contributed by atoms with E-state index in [4.69, 9.17) is 4.98 Å². The fraction of sp³-hybridized carbons (Fsp3) is 0.350. The number of imidazole rings is 1. The Balaban J connectivity index is 1.59. The van der Waals surface area contributed by atoms with Gasteiger partial charge in [-0.15, -0.1) is 0 Å². The van der Waals surface area contributed by atoms with E-state index in [0.29, 0.717) is 11.6 Å². The zero-order chi connectivity index (χ0) is 17.4. The molecule has 1 aliphatic heterocycles. The van der Waals surface area contributed by atoms with Gasteiger partial charge in [0.2, 0.25) is 0 Å². The molecule has 1 fully saturated rings. The van der Waals surface area contributed by atoms with E-state index in [1.165, 1.54) is 5.52 Å². The van der Waals surface area contributed by atoms with E-state index >= 15 is 0 Å². The molecule has 1 aliphatic rings. The summed E-state index contributed by atoms with van der Waals surface area (Å²) in [4.78, 5) is 11.4. The third-order valence-electron chi connectivity index (χ3n) is 5.15. The summed E-state index contributed by atoms with van der Waals surface area (Å²) in [6.07, 6.45) is 3.86. The molecular weight excluding hydrogens is 310 g/mol. The molecule has 0 unspecified atom stereocenters. The lowest BCUT2D eigenvalue weighted by Crippen LogP contribution is -2.36. The molecule has 5 nitrogen and oxygen atoms in total. The zero-order valence-electron chi connectivity index (χ0n) is 14.6. The van der Waals surface area contributed by atoms with E-state index in [9.17, 15) is 5.26 Å². The first-order chi connectivity index (χ1) is 12.2. The van der Waals surface area contributed by atoms with Crippen molar-refractivity contribution in [2.45, 2.75) is 32.7 Å². The Bertz CT molecular complexity index is 958. The number of anilines is 1. The van der Waals surface area contributed by atoms with Crippen LogP contribution in [-0.2, 0) is 0 Å². The van der Waals surface area contributed by atoms with Crippen molar-refractivity contribution in [2.75, 3.05) is 18.0 Å². The van der Waals surface area contributed by atoms with Crippen molar-refractivity contribution in [1.29, 1.82) is 5.26 Å². The summed E-state index contributed by atoms with van der Waals surface area (Å²) in [6, 6.07) is 13.0. The van der Waals surface area contributed by atoms with Crippen LogP contribution in [0.25, 0.3) is 11.0 Å². The maximum absolute atomic E-state index is 9.46. The Labute approximate surface area is 147 Å². The predicted molar refractivity (Wildman–Crippen MR) is 98.6 cm³/mol. The Morgan fingerprint density at radius 3 is 2.64 bits per heavy atom. The number of pyridine rings is 1. The van der Waals surface area contributed by atoms with Gasteiger partial charge in [-0.2, -0.15) is 5.26 Å². The van der Waals surface area contributed by atoms with Gasteiger partial charge < -0.3 is 9.47 Å². The summed E-state index contributed by atoms with van der Waals surface area (Å²) in [5.74, 6) is 1.90. The highest BCUT2D eigenvalue weighted by molar-refractivity contribution is 5.76. The van der Waals surface area contributed by atoms with Crippen LogP contribution < -0.4 is 4.90 Å². The van der Waals surface area contributed by atoms with Crippen molar-refractivity contribution in [3.05, 3.63) is 53.5 Å². The average molecular weight is 331 g/mol. The molecular formula is C20H21N5. The molecule has 25 heavy (non-hydrogen) atoms. The molecule has 4 rings (SSSR count). The van der Waals surface area contributed by atoms with E-state index in [-0.39, 0.29) is 0 Å². The summed E-state index contributed by atoms with van der Waals surface area (Å²) < 4.78 is 2.38. The first-order valence-electron chi connectivity index (χ1n) is 8.73. The molecule has 1 aromatic carbocycles. The third-order valence-corrected chi connectivity index (χ3v) is 5.15. The summed E-state index contributed by atoms with van der Waals surface area (Å²) in [7, 11) is 0. The first kappa shape index (κ1) is 15.6. The second-order valence-electron chi connectivity index (χ2n) is 6.67. The third kappa shape index (κ3) is 2.64. The number of benzene rings is 1. The minimum atomic E-state index is 0.444. The van der Waals surface area contributed by atoms with Gasteiger partial charge in [-0.05, 0) is 50.5 Å². The molecule has 0 aliphatic carbocycles. The van der Waals surface area contributed by atoms with Crippen LogP contribution in [0.5, 0.6) is 0 Å². The maximum Gasteiger partial charge on any atom is 0.146 e. The molecule has 3 heterocycles. The van der Waals surface area contributed by atoms with Crippen molar-refractivity contribution >= 4 is 16.9 Å². The number of rotatable bonds is 2. The Morgan fingerprint density at radius 2 is 1.88 bits per heavy atom.